The van der Waals surface area contributed by atoms with Crippen molar-refractivity contribution in [3.63, 3.8) is 0 Å². The van der Waals surface area contributed by atoms with Gasteiger partial charge in [-0.2, -0.15) is 0 Å². The minimum Gasteiger partial charge on any atom is -0.456 e. The van der Waals surface area contributed by atoms with Crippen LogP contribution in [0.5, 0.6) is 0 Å². The highest BCUT2D eigenvalue weighted by molar-refractivity contribution is 6.11. The number of furan rings is 2. The average molecular weight is 590 g/mol. The highest BCUT2D eigenvalue weighted by Gasteiger charge is 2.16. The van der Waals surface area contributed by atoms with Gasteiger partial charge in [0.15, 0.2) is 0 Å². The van der Waals surface area contributed by atoms with E-state index < -0.39 is 0 Å². The fourth-order valence-corrected chi connectivity index (χ4v) is 7.30. The molecule has 3 heteroatoms. The van der Waals surface area contributed by atoms with Crippen LogP contribution >= 0.6 is 0 Å². The Morgan fingerprint density at radius 3 is 1.54 bits per heavy atom. The number of aromatic nitrogens is 1. The third-order valence-electron chi connectivity index (χ3n) is 9.41. The molecule has 0 radical (unpaired) electrons. The van der Waals surface area contributed by atoms with Gasteiger partial charge in [0.05, 0.1) is 11.0 Å². The van der Waals surface area contributed by atoms with Gasteiger partial charge in [0, 0.05) is 38.0 Å². The quantitative estimate of drug-likeness (QED) is 0.205. The molecule has 0 aliphatic carbocycles. The molecule has 3 heterocycles. The van der Waals surface area contributed by atoms with E-state index in [9.17, 15) is 0 Å². The van der Waals surface area contributed by atoms with Gasteiger partial charge in [-0.15, -0.1) is 0 Å². The van der Waals surface area contributed by atoms with Crippen molar-refractivity contribution in [2.75, 3.05) is 0 Å². The van der Waals surface area contributed by atoms with E-state index in [1.807, 2.05) is 24.3 Å². The lowest BCUT2D eigenvalue weighted by Crippen LogP contribution is -1.95. The summed E-state index contributed by atoms with van der Waals surface area (Å²) < 4.78 is 14.6. The van der Waals surface area contributed by atoms with Gasteiger partial charge in [0.1, 0.15) is 22.3 Å². The molecular weight excluding hydrogens is 562 g/mol. The largest absolute Gasteiger partial charge is 0.456 e. The van der Waals surface area contributed by atoms with E-state index in [1.165, 1.54) is 49.6 Å². The van der Waals surface area contributed by atoms with Crippen LogP contribution in [0.15, 0.2) is 154 Å². The van der Waals surface area contributed by atoms with E-state index in [0.29, 0.717) is 0 Å². The highest BCUT2D eigenvalue weighted by atomic mass is 16.3. The Kier molecular flexibility index (Phi) is 5.20. The molecule has 0 saturated carbocycles. The molecule has 216 valence electrons. The Morgan fingerprint density at radius 1 is 0.370 bits per heavy atom. The molecule has 0 spiro atoms. The SMILES string of the molecule is Cc1cc(-c2ccc3oc4ccccc4c3c2)cc(-n2c3ccccc3c3cc(-c4ccc5oc6ccccc6c5c4)ccc32)c1. The molecule has 10 rings (SSSR count). The lowest BCUT2D eigenvalue weighted by atomic mass is 10.00. The summed E-state index contributed by atoms with van der Waals surface area (Å²) in [4.78, 5) is 0. The van der Waals surface area contributed by atoms with Crippen LogP contribution in [0.2, 0.25) is 0 Å². The zero-order valence-electron chi connectivity index (χ0n) is 25.1. The van der Waals surface area contributed by atoms with Gasteiger partial charge in [0.2, 0.25) is 0 Å². The van der Waals surface area contributed by atoms with Crippen LogP contribution in [0.1, 0.15) is 5.56 Å². The Morgan fingerprint density at radius 2 is 0.870 bits per heavy atom. The Balaban J connectivity index is 1.14. The lowest BCUT2D eigenvalue weighted by molar-refractivity contribution is 0.668. The maximum atomic E-state index is 6.11. The minimum atomic E-state index is 0.913. The van der Waals surface area contributed by atoms with Crippen LogP contribution in [0.3, 0.4) is 0 Å². The third-order valence-corrected chi connectivity index (χ3v) is 9.41. The Hall–Kier alpha value is -6.06. The molecule has 0 atom stereocenters. The standard InChI is InChI=1S/C43H27NO2/c1-26-20-30(29-16-19-43-37(25-29)34-10-4-7-13-41(34)46-43)22-31(21-26)44-38-11-5-2-8-32(38)35-23-27(14-17-39(35)44)28-15-18-42-36(24-28)33-9-3-6-12-40(33)45-42/h2-25H,1H3. The van der Waals surface area contributed by atoms with Gasteiger partial charge in [-0.25, -0.2) is 0 Å². The number of hydrogen-bond donors (Lipinski definition) is 0. The van der Waals surface area contributed by atoms with Crippen molar-refractivity contribution < 1.29 is 8.83 Å². The van der Waals surface area contributed by atoms with Gasteiger partial charge in [-0.05, 0) is 101 Å². The number of hydrogen-bond acceptors (Lipinski definition) is 2. The molecule has 0 saturated heterocycles. The molecule has 0 unspecified atom stereocenters. The van der Waals surface area contributed by atoms with Crippen molar-refractivity contribution in [2.45, 2.75) is 6.92 Å². The van der Waals surface area contributed by atoms with Crippen LogP contribution in [-0.2, 0) is 0 Å². The summed E-state index contributed by atoms with van der Waals surface area (Å²) >= 11 is 0. The lowest BCUT2D eigenvalue weighted by Gasteiger charge is -2.12. The third kappa shape index (κ3) is 3.72. The summed E-state index contributed by atoms with van der Waals surface area (Å²) in [6.07, 6.45) is 0. The Labute approximate surface area is 264 Å². The van der Waals surface area contributed by atoms with E-state index in [2.05, 4.69) is 133 Å². The second-order valence-electron chi connectivity index (χ2n) is 12.3. The molecule has 0 aliphatic rings. The summed E-state index contributed by atoms with van der Waals surface area (Å²) in [5, 5.41) is 7.05. The van der Waals surface area contributed by atoms with Gasteiger partial charge >= 0.3 is 0 Å². The predicted molar refractivity (Wildman–Crippen MR) is 191 cm³/mol. The van der Waals surface area contributed by atoms with E-state index in [-0.39, 0.29) is 0 Å². The number of fused-ring (bicyclic) bond motifs is 9. The zero-order valence-corrected chi connectivity index (χ0v) is 25.1. The molecule has 3 aromatic heterocycles. The molecular formula is C43H27NO2. The summed E-state index contributed by atoms with van der Waals surface area (Å²) in [7, 11) is 0. The van der Waals surface area contributed by atoms with E-state index in [0.717, 1.165) is 49.6 Å². The molecule has 7 aromatic carbocycles. The van der Waals surface area contributed by atoms with Gasteiger partial charge in [0.25, 0.3) is 0 Å². The number of para-hydroxylation sites is 3. The number of rotatable bonds is 3. The topological polar surface area (TPSA) is 31.2 Å². The normalized spacial score (nSPS) is 12.0. The minimum absolute atomic E-state index is 0.913. The number of benzene rings is 7. The highest BCUT2D eigenvalue weighted by Crippen LogP contribution is 2.39. The second kappa shape index (κ2) is 9.47. The Bertz CT molecular complexity index is 2830. The fourth-order valence-electron chi connectivity index (χ4n) is 7.30. The van der Waals surface area contributed by atoms with Crippen molar-refractivity contribution in [2.24, 2.45) is 0 Å². The van der Waals surface area contributed by atoms with Gasteiger partial charge < -0.3 is 13.4 Å². The predicted octanol–water partition coefficient (Wildman–Crippen LogP) is 12.2. The average Bonchev–Trinajstić information content (AvgIpc) is 3.76. The molecule has 0 aliphatic heterocycles. The van der Waals surface area contributed by atoms with Crippen molar-refractivity contribution >= 4 is 65.7 Å². The van der Waals surface area contributed by atoms with Gasteiger partial charge in [-0.1, -0.05) is 78.9 Å². The van der Waals surface area contributed by atoms with Crippen LogP contribution in [0.4, 0.5) is 0 Å². The molecule has 0 N–H and O–H groups in total. The van der Waals surface area contributed by atoms with Crippen molar-refractivity contribution in [1.82, 2.24) is 4.57 Å². The molecule has 0 bridgehead atoms. The van der Waals surface area contributed by atoms with Crippen molar-refractivity contribution in [3.05, 3.63) is 151 Å². The summed E-state index contributed by atoms with van der Waals surface area (Å²) in [5.74, 6) is 0. The molecule has 0 fully saturated rings. The van der Waals surface area contributed by atoms with Crippen molar-refractivity contribution in [3.8, 4) is 27.9 Å². The zero-order chi connectivity index (χ0) is 30.4. The molecule has 10 aromatic rings. The summed E-state index contributed by atoms with van der Waals surface area (Å²) in [5.41, 5.74) is 13.1. The first kappa shape index (κ1) is 25.3. The maximum Gasteiger partial charge on any atom is 0.135 e. The van der Waals surface area contributed by atoms with Crippen LogP contribution in [-0.4, -0.2) is 4.57 Å². The first-order chi connectivity index (χ1) is 22.7. The summed E-state index contributed by atoms with van der Waals surface area (Å²) in [6.45, 7) is 2.18. The smallest absolute Gasteiger partial charge is 0.135 e. The molecule has 3 nitrogen and oxygen atoms in total. The molecule has 46 heavy (non-hydrogen) atoms. The second-order valence-corrected chi connectivity index (χ2v) is 12.3. The van der Waals surface area contributed by atoms with Crippen molar-refractivity contribution in [1.29, 1.82) is 0 Å². The number of nitrogens with zero attached hydrogens (tertiary/aromatic N) is 1. The summed E-state index contributed by atoms with van der Waals surface area (Å²) in [6, 6.07) is 52.0. The van der Waals surface area contributed by atoms with Crippen LogP contribution < -0.4 is 0 Å². The monoisotopic (exact) mass is 589 g/mol. The molecule has 0 amide bonds. The first-order valence-electron chi connectivity index (χ1n) is 15.7. The fraction of sp³-hybridized carbons (Fsp3) is 0.0233. The van der Waals surface area contributed by atoms with E-state index >= 15 is 0 Å². The van der Waals surface area contributed by atoms with E-state index in [4.69, 9.17) is 8.83 Å². The van der Waals surface area contributed by atoms with Gasteiger partial charge in [-0.3, -0.25) is 0 Å². The van der Waals surface area contributed by atoms with Crippen LogP contribution in [0, 0.1) is 6.92 Å². The maximum absolute atomic E-state index is 6.11. The first-order valence-corrected chi connectivity index (χ1v) is 15.7. The number of aryl methyl sites for hydroxylation is 1. The van der Waals surface area contributed by atoms with E-state index in [1.54, 1.807) is 0 Å². The van der Waals surface area contributed by atoms with Crippen LogP contribution in [0.25, 0.3) is 93.6 Å².